The zero-order valence-electron chi connectivity index (χ0n) is 12.6. The number of carbonyl (C=O) groups excluding carboxylic acids is 1. The van der Waals surface area contributed by atoms with Gasteiger partial charge in [-0.2, -0.15) is 13.2 Å². The molecule has 0 heterocycles. The van der Waals surface area contributed by atoms with Gasteiger partial charge in [-0.1, -0.05) is 6.92 Å². The van der Waals surface area contributed by atoms with E-state index in [0.29, 0.717) is 25.8 Å². The molecule has 0 bridgehead atoms. The lowest BCUT2D eigenvalue weighted by Gasteiger charge is -2.28. The first-order valence-corrected chi connectivity index (χ1v) is 7.43. The van der Waals surface area contributed by atoms with Crippen LogP contribution in [0.1, 0.15) is 46.0 Å². The molecule has 0 aromatic rings. The van der Waals surface area contributed by atoms with Crippen molar-refractivity contribution in [1.82, 2.24) is 5.32 Å². The number of hydrogen-bond acceptors (Lipinski definition) is 4. The first-order valence-electron chi connectivity index (χ1n) is 7.43. The maximum absolute atomic E-state index is 12.1. The Morgan fingerprint density at radius 1 is 1.38 bits per heavy atom. The number of halogens is 3. The van der Waals surface area contributed by atoms with Gasteiger partial charge in [0.25, 0.3) is 0 Å². The molecule has 2 unspecified atom stereocenters. The molecule has 0 saturated heterocycles. The topological polar surface area (TPSA) is 47.6 Å². The SMILES string of the molecule is CCCNC1(C(=O)OCC)CCC(OCCC(F)(F)F)C1. The van der Waals surface area contributed by atoms with Gasteiger partial charge in [0.15, 0.2) is 0 Å². The van der Waals surface area contributed by atoms with Crippen LogP contribution in [0, 0.1) is 0 Å². The first-order chi connectivity index (χ1) is 9.83. The van der Waals surface area contributed by atoms with Crippen LogP contribution in [0.2, 0.25) is 0 Å². The largest absolute Gasteiger partial charge is 0.465 e. The quantitative estimate of drug-likeness (QED) is 0.700. The van der Waals surface area contributed by atoms with E-state index in [1.165, 1.54) is 0 Å². The van der Waals surface area contributed by atoms with Gasteiger partial charge in [-0.3, -0.25) is 4.79 Å². The zero-order valence-corrected chi connectivity index (χ0v) is 12.6. The number of rotatable bonds is 8. The van der Waals surface area contributed by atoms with Crippen LogP contribution in [0.4, 0.5) is 13.2 Å². The van der Waals surface area contributed by atoms with E-state index in [-0.39, 0.29) is 25.3 Å². The van der Waals surface area contributed by atoms with Gasteiger partial charge in [-0.15, -0.1) is 0 Å². The van der Waals surface area contributed by atoms with Gasteiger partial charge in [-0.05, 0) is 32.7 Å². The molecule has 1 N–H and O–H groups in total. The van der Waals surface area contributed by atoms with Gasteiger partial charge in [0.05, 0.1) is 25.7 Å². The van der Waals surface area contributed by atoms with E-state index in [1.807, 2.05) is 6.92 Å². The minimum Gasteiger partial charge on any atom is -0.465 e. The molecule has 2 atom stereocenters. The fourth-order valence-electron chi connectivity index (χ4n) is 2.54. The molecule has 1 fully saturated rings. The van der Waals surface area contributed by atoms with Crippen LogP contribution in [-0.2, 0) is 14.3 Å². The van der Waals surface area contributed by atoms with Crippen LogP contribution < -0.4 is 5.32 Å². The molecule has 0 aromatic carbocycles. The van der Waals surface area contributed by atoms with Gasteiger partial charge in [0.2, 0.25) is 0 Å². The molecule has 4 nitrogen and oxygen atoms in total. The van der Waals surface area contributed by atoms with E-state index in [2.05, 4.69) is 5.32 Å². The highest BCUT2D eigenvalue weighted by Crippen LogP contribution is 2.34. The third kappa shape index (κ3) is 5.82. The summed E-state index contributed by atoms with van der Waals surface area (Å²) in [6, 6.07) is 0. The van der Waals surface area contributed by atoms with Crippen molar-refractivity contribution in [3.8, 4) is 0 Å². The Balaban J connectivity index is 2.53. The third-order valence-electron chi connectivity index (χ3n) is 3.59. The van der Waals surface area contributed by atoms with E-state index < -0.39 is 18.1 Å². The van der Waals surface area contributed by atoms with E-state index in [4.69, 9.17) is 9.47 Å². The van der Waals surface area contributed by atoms with Crippen molar-refractivity contribution in [2.24, 2.45) is 0 Å². The van der Waals surface area contributed by atoms with Crippen molar-refractivity contribution in [3.63, 3.8) is 0 Å². The van der Waals surface area contributed by atoms with Gasteiger partial charge < -0.3 is 14.8 Å². The van der Waals surface area contributed by atoms with E-state index >= 15 is 0 Å². The van der Waals surface area contributed by atoms with Crippen molar-refractivity contribution in [3.05, 3.63) is 0 Å². The predicted molar refractivity (Wildman–Crippen MR) is 71.9 cm³/mol. The van der Waals surface area contributed by atoms with Crippen molar-refractivity contribution in [2.75, 3.05) is 19.8 Å². The smallest absolute Gasteiger partial charge is 0.391 e. The predicted octanol–water partition coefficient (Wildman–Crippen LogP) is 2.81. The fraction of sp³-hybridized carbons (Fsp3) is 0.929. The van der Waals surface area contributed by atoms with Crippen molar-refractivity contribution in [1.29, 1.82) is 0 Å². The van der Waals surface area contributed by atoms with Gasteiger partial charge in [-0.25, -0.2) is 0 Å². The normalized spacial score (nSPS) is 26.0. The minimum absolute atomic E-state index is 0.286. The molecule has 7 heteroatoms. The fourth-order valence-corrected chi connectivity index (χ4v) is 2.54. The van der Waals surface area contributed by atoms with Crippen molar-refractivity contribution >= 4 is 5.97 Å². The second kappa shape index (κ2) is 7.98. The lowest BCUT2D eigenvalue weighted by Crippen LogP contribution is -2.51. The number of nitrogens with one attached hydrogen (secondary N) is 1. The molecule has 1 rings (SSSR count). The molecule has 21 heavy (non-hydrogen) atoms. The third-order valence-corrected chi connectivity index (χ3v) is 3.59. The van der Waals surface area contributed by atoms with Crippen LogP contribution in [0.15, 0.2) is 0 Å². The average Bonchev–Trinajstić information content (AvgIpc) is 2.80. The summed E-state index contributed by atoms with van der Waals surface area (Å²) in [5.41, 5.74) is -0.811. The van der Waals surface area contributed by atoms with Gasteiger partial charge in [0.1, 0.15) is 5.54 Å². The number of esters is 1. The number of alkyl halides is 3. The molecule has 1 saturated carbocycles. The first kappa shape index (κ1) is 18.2. The van der Waals surface area contributed by atoms with Crippen molar-refractivity contribution in [2.45, 2.75) is 63.8 Å². The Bertz CT molecular complexity index is 336. The summed E-state index contributed by atoms with van der Waals surface area (Å²) < 4.78 is 46.7. The van der Waals surface area contributed by atoms with Crippen LogP contribution in [-0.4, -0.2) is 43.5 Å². The Hall–Kier alpha value is -0.820. The monoisotopic (exact) mass is 311 g/mol. The highest BCUT2D eigenvalue weighted by atomic mass is 19.4. The summed E-state index contributed by atoms with van der Waals surface area (Å²) >= 11 is 0. The molecule has 0 amide bonds. The summed E-state index contributed by atoms with van der Waals surface area (Å²) in [5, 5.41) is 3.19. The van der Waals surface area contributed by atoms with Crippen molar-refractivity contribution < 1.29 is 27.4 Å². The molecule has 0 spiro atoms. The maximum atomic E-state index is 12.1. The molecular formula is C14H24F3NO3. The lowest BCUT2D eigenvalue weighted by molar-refractivity contribution is -0.154. The number of ether oxygens (including phenoxy) is 2. The Labute approximate surface area is 123 Å². The second-order valence-corrected chi connectivity index (χ2v) is 5.33. The zero-order chi connectivity index (χ0) is 15.9. The molecule has 1 aliphatic carbocycles. The van der Waals surface area contributed by atoms with E-state index in [1.54, 1.807) is 6.92 Å². The summed E-state index contributed by atoms with van der Waals surface area (Å²) in [6.07, 6.45) is -3.18. The molecule has 0 aliphatic heterocycles. The van der Waals surface area contributed by atoms with Gasteiger partial charge in [0, 0.05) is 6.42 Å². The van der Waals surface area contributed by atoms with Crippen LogP contribution in [0.5, 0.6) is 0 Å². The molecule has 124 valence electrons. The molecule has 0 aromatic heterocycles. The molecule has 0 radical (unpaired) electrons. The molecule has 1 aliphatic rings. The highest BCUT2D eigenvalue weighted by Gasteiger charge is 2.46. The average molecular weight is 311 g/mol. The summed E-state index contributed by atoms with van der Waals surface area (Å²) in [7, 11) is 0. The van der Waals surface area contributed by atoms with Crippen LogP contribution >= 0.6 is 0 Å². The number of carbonyl (C=O) groups is 1. The van der Waals surface area contributed by atoms with Gasteiger partial charge >= 0.3 is 12.1 Å². The van der Waals surface area contributed by atoms with Crippen LogP contribution in [0.25, 0.3) is 0 Å². The number of hydrogen-bond donors (Lipinski definition) is 1. The Morgan fingerprint density at radius 3 is 2.67 bits per heavy atom. The minimum atomic E-state index is -4.21. The van der Waals surface area contributed by atoms with E-state index in [9.17, 15) is 18.0 Å². The van der Waals surface area contributed by atoms with Crippen LogP contribution in [0.3, 0.4) is 0 Å². The summed E-state index contributed by atoms with van der Waals surface area (Å²) in [6.45, 7) is 4.30. The Morgan fingerprint density at radius 2 is 2.10 bits per heavy atom. The molecular weight excluding hydrogens is 287 g/mol. The standard InChI is InChI=1S/C14H24F3NO3/c1-3-8-18-13(12(19)20-4-2)6-5-11(10-13)21-9-7-14(15,16)17/h11,18H,3-10H2,1-2H3. The second-order valence-electron chi connectivity index (χ2n) is 5.33. The highest BCUT2D eigenvalue weighted by molar-refractivity contribution is 5.81. The lowest BCUT2D eigenvalue weighted by atomic mass is 9.97. The van der Waals surface area contributed by atoms with E-state index in [0.717, 1.165) is 6.42 Å². The summed E-state index contributed by atoms with van der Waals surface area (Å²) in [4.78, 5) is 12.1. The maximum Gasteiger partial charge on any atom is 0.391 e. The Kier molecular flexibility index (Phi) is 6.93. The summed E-state index contributed by atoms with van der Waals surface area (Å²) in [5.74, 6) is -0.333.